The first-order chi connectivity index (χ1) is 9.19. The molecule has 1 aromatic rings. The van der Waals surface area contributed by atoms with Crippen molar-refractivity contribution in [3.05, 3.63) is 10.4 Å². The van der Waals surface area contributed by atoms with Crippen LogP contribution >= 0.6 is 11.3 Å². The van der Waals surface area contributed by atoms with Gasteiger partial charge in [0, 0.05) is 26.1 Å². The van der Waals surface area contributed by atoms with Crippen molar-refractivity contribution in [1.29, 1.82) is 5.26 Å². The van der Waals surface area contributed by atoms with Crippen LogP contribution < -0.4 is 16.0 Å². The summed E-state index contributed by atoms with van der Waals surface area (Å²) in [5, 5.41) is 13.5. The Hall–Kier alpha value is -1.58. The van der Waals surface area contributed by atoms with Gasteiger partial charge in [-0.05, 0) is 13.0 Å². The van der Waals surface area contributed by atoms with Crippen molar-refractivity contribution in [2.75, 3.05) is 36.8 Å². The minimum Gasteiger partial charge on any atom is -0.396 e. The number of hydrogen-bond donors (Lipinski definition) is 2. The number of nitriles is 1. The lowest BCUT2D eigenvalue weighted by Gasteiger charge is -2.20. The molecule has 0 saturated carbocycles. The Morgan fingerprint density at radius 1 is 1.53 bits per heavy atom. The highest BCUT2D eigenvalue weighted by atomic mass is 32.1. The number of Topliss-reactive ketones (excluding diaryl/α,β-unsaturated/α-hetero) is 1. The quantitative estimate of drug-likeness (QED) is 0.821. The Kier molecular flexibility index (Phi) is 4.40. The molecule has 0 aromatic carbocycles. The molecule has 0 bridgehead atoms. The van der Waals surface area contributed by atoms with Crippen molar-refractivity contribution < 1.29 is 4.79 Å². The second kappa shape index (κ2) is 6.04. The minimum atomic E-state index is 0.0122. The largest absolute Gasteiger partial charge is 0.396 e. The average Bonchev–Trinajstić information content (AvgIpc) is 2.61. The zero-order valence-electron chi connectivity index (χ0n) is 11.0. The Morgan fingerprint density at radius 3 is 3.00 bits per heavy atom. The van der Waals surface area contributed by atoms with E-state index in [1.165, 1.54) is 11.3 Å². The van der Waals surface area contributed by atoms with Gasteiger partial charge < -0.3 is 16.0 Å². The topological polar surface area (TPSA) is 82.2 Å². The molecule has 0 unspecified atom stereocenters. The number of nitrogens with two attached hydrogens (primary N) is 1. The lowest BCUT2D eigenvalue weighted by molar-refractivity contribution is 0.0993. The molecule has 6 heteroatoms. The molecule has 0 aliphatic carbocycles. The highest BCUT2D eigenvalue weighted by molar-refractivity contribution is 7.19. The van der Waals surface area contributed by atoms with Gasteiger partial charge in [-0.15, -0.1) is 11.3 Å². The summed E-state index contributed by atoms with van der Waals surface area (Å²) >= 11 is 1.36. The van der Waals surface area contributed by atoms with Crippen molar-refractivity contribution in [3.8, 4) is 6.07 Å². The Labute approximate surface area is 117 Å². The SMILES string of the molecule is CCC(=O)c1sc(N2CCCNCC2)c(C#N)c1N. The molecular weight excluding hydrogens is 260 g/mol. The third-order valence-electron chi connectivity index (χ3n) is 3.24. The average molecular weight is 278 g/mol. The number of carbonyl (C=O) groups excluding carboxylic acids is 1. The molecule has 102 valence electrons. The molecule has 5 nitrogen and oxygen atoms in total. The lowest BCUT2D eigenvalue weighted by Crippen LogP contribution is -2.27. The molecule has 1 fully saturated rings. The monoisotopic (exact) mass is 278 g/mol. The predicted octanol–water partition coefficient (Wildman–Crippen LogP) is 1.59. The summed E-state index contributed by atoms with van der Waals surface area (Å²) in [6, 6.07) is 2.15. The van der Waals surface area contributed by atoms with E-state index in [9.17, 15) is 10.1 Å². The maximum Gasteiger partial charge on any atom is 0.174 e. The molecule has 19 heavy (non-hydrogen) atoms. The fraction of sp³-hybridized carbons (Fsp3) is 0.538. The van der Waals surface area contributed by atoms with Gasteiger partial charge in [-0.3, -0.25) is 4.79 Å². The number of thiophene rings is 1. The van der Waals surface area contributed by atoms with E-state index in [-0.39, 0.29) is 5.78 Å². The number of ketones is 1. The predicted molar refractivity (Wildman–Crippen MR) is 77.8 cm³/mol. The smallest absolute Gasteiger partial charge is 0.174 e. The standard InChI is InChI=1S/C13H18N4OS/c1-2-10(18)12-11(15)9(8-14)13(19-12)17-6-3-4-16-5-7-17/h16H,2-7,15H2,1H3. The fourth-order valence-electron chi connectivity index (χ4n) is 2.18. The summed E-state index contributed by atoms with van der Waals surface area (Å²) in [7, 11) is 0. The van der Waals surface area contributed by atoms with E-state index in [0.717, 1.165) is 37.6 Å². The maximum absolute atomic E-state index is 11.9. The molecule has 0 radical (unpaired) electrons. The number of nitrogen functional groups attached to an aromatic ring is 1. The molecule has 1 saturated heterocycles. The zero-order valence-corrected chi connectivity index (χ0v) is 11.8. The van der Waals surface area contributed by atoms with Crippen LogP contribution in [0.2, 0.25) is 0 Å². The van der Waals surface area contributed by atoms with Crippen LogP contribution in [0, 0.1) is 11.3 Å². The number of hydrogen-bond acceptors (Lipinski definition) is 6. The van der Waals surface area contributed by atoms with Crippen LogP contribution in [0.4, 0.5) is 10.7 Å². The highest BCUT2D eigenvalue weighted by Crippen LogP contribution is 2.38. The van der Waals surface area contributed by atoms with Crippen LogP contribution in [0.15, 0.2) is 0 Å². The van der Waals surface area contributed by atoms with Gasteiger partial charge in [-0.2, -0.15) is 5.26 Å². The van der Waals surface area contributed by atoms with E-state index in [4.69, 9.17) is 5.73 Å². The molecule has 3 N–H and O–H groups in total. The van der Waals surface area contributed by atoms with Crippen LogP contribution in [0.1, 0.15) is 35.0 Å². The first-order valence-electron chi connectivity index (χ1n) is 6.50. The van der Waals surface area contributed by atoms with Gasteiger partial charge in [0.25, 0.3) is 0 Å². The number of nitrogens with zero attached hydrogens (tertiary/aromatic N) is 2. The van der Waals surface area contributed by atoms with Crippen molar-refractivity contribution in [1.82, 2.24) is 5.32 Å². The fourth-order valence-corrected chi connectivity index (χ4v) is 3.41. The van der Waals surface area contributed by atoms with Crippen molar-refractivity contribution in [2.45, 2.75) is 19.8 Å². The van der Waals surface area contributed by atoms with Crippen LogP contribution in [-0.2, 0) is 0 Å². The zero-order chi connectivity index (χ0) is 13.8. The molecule has 2 heterocycles. The van der Waals surface area contributed by atoms with Gasteiger partial charge in [0.05, 0.1) is 10.6 Å². The summed E-state index contributed by atoms with van der Waals surface area (Å²) in [6.07, 6.45) is 1.44. The van der Waals surface area contributed by atoms with Gasteiger partial charge in [-0.1, -0.05) is 6.92 Å². The van der Waals surface area contributed by atoms with E-state index in [0.29, 0.717) is 22.5 Å². The highest BCUT2D eigenvalue weighted by Gasteiger charge is 2.23. The normalized spacial score (nSPS) is 15.9. The molecule has 1 aromatic heterocycles. The van der Waals surface area contributed by atoms with E-state index < -0.39 is 0 Å². The summed E-state index contributed by atoms with van der Waals surface area (Å²) in [5.74, 6) is 0.0122. The van der Waals surface area contributed by atoms with E-state index in [2.05, 4.69) is 16.3 Å². The van der Waals surface area contributed by atoms with E-state index in [1.54, 1.807) is 0 Å². The van der Waals surface area contributed by atoms with Crippen molar-refractivity contribution in [2.24, 2.45) is 0 Å². The molecule has 2 rings (SSSR count). The van der Waals surface area contributed by atoms with E-state index >= 15 is 0 Å². The summed E-state index contributed by atoms with van der Waals surface area (Å²) < 4.78 is 0. The minimum absolute atomic E-state index is 0.0122. The van der Waals surface area contributed by atoms with Crippen LogP contribution in [0.25, 0.3) is 0 Å². The Morgan fingerprint density at radius 2 is 2.32 bits per heavy atom. The second-order valence-electron chi connectivity index (χ2n) is 4.50. The van der Waals surface area contributed by atoms with Gasteiger partial charge in [0.2, 0.25) is 0 Å². The Bertz CT molecular complexity index is 509. The lowest BCUT2D eigenvalue weighted by atomic mass is 10.2. The van der Waals surface area contributed by atoms with Crippen LogP contribution in [-0.4, -0.2) is 32.0 Å². The van der Waals surface area contributed by atoms with Crippen molar-refractivity contribution in [3.63, 3.8) is 0 Å². The van der Waals surface area contributed by atoms with Crippen molar-refractivity contribution >= 4 is 27.8 Å². The maximum atomic E-state index is 11.9. The first-order valence-corrected chi connectivity index (χ1v) is 7.31. The third-order valence-corrected chi connectivity index (χ3v) is 4.55. The van der Waals surface area contributed by atoms with Crippen LogP contribution in [0.3, 0.4) is 0 Å². The number of nitrogens with one attached hydrogen (secondary N) is 1. The van der Waals surface area contributed by atoms with Gasteiger partial charge in [-0.25, -0.2) is 0 Å². The van der Waals surface area contributed by atoms with Crippen LogP contribution in [0.5, 0.6) is 0 Å². The van der Waals surface area contributed by atoms with Gasteiger partial charge in [0.15, 0.2) is 5.78 Å². The van der Waals surface area contributed by atoms with E-state index in [1.807, 2.05) is 6.92 Å². The third kappa shape index (κ3) is 2.72. The van der Waals surface area contributed by atoms with Gasteiger partial charge in [0.1, 0.15) is 16.6 Å². The molecule has 1 aliphatic heterocycles. The number of carbonyl (C=O) groups is 1. The summed E-state index contributed by atoms with van der Waals surface area (Å²) in [6.45, 7) is 5.42. The van der Waals surface area contributed by atoms with Gasteiger partial charge >= 0.3 is 0 Å². The Balaban J connectivity index is 2.39. The number of rotatable bonds is 3. The molecule has 0 spiro atoms. The number of anilines is 2. The first kappa shape index (κ1) is 13.8. The molecule has 0 atom stereocenters. The molecule has 1 aliphatic rings. The molecule has 0 amide bonds. The second-order valence-corrected chi connectivity index (χ2v) is 5.50. The molecular formula is C13H18N4OS. The summed E-state index contributed by atoms with van der Waals surface area (Å²) in [5.41, 5.74) is 6.78. The summed E-state index contributed by atoms with van der Waals surface area (Å²) in [4.78, 5) is 14.5.